The maximum Gasteiger partial charge on any atom is 0.490 e. The number of nitrogens with zero attached hydrogens (tertiary/aromatic N) is 1. The van der Waals surface area contributed by atoms with Gasteiger partial charge in [-0.2, -0.15) is 13.2 Å². The molecule has 1 amide bonds. The van der Waals surface area contributed by atoms with Crippen molar-refractivity contribution in [3.8, 4) is 5.75 Å². The highest BCUT2D eigenvalue weighted by Gasteiger charge is 2.42. The fraction of sp³-hybridized carbons (Fsp3) is 0.364. The molecule has 7 nitrogen and oxygen atoms in total. The Labute approximate surface area is 183 Å². The quantitative estimate of drug-likeness (QED) is 0.658. The summed E-state index contributed by atoms with van der Waals surface area (Å²) in [5.74, 6) is -1.96. The highest BCUT2D eigenvalue weighted by Crippen LogP contribution is 2.46. The van der Waals surface area contributed by atoms with Gasteiger partial charge in [0, 0.05) is 18.2 Å². The summed E-state index contributed by atoms with van der Waals surface area (Å²) in [5, 5.41) is 7.12. The maximum atomic E-state index is 12.0. The molecule has 0 spiro atoms. The van der Waals surface area contributed by atoms with Crippen molar-refractivity contribution >= 4 is 12.1 Å². The standard InChI is InChI=1S/C20H24N2O3.C2HF3O2/c1-22(19(23)25-15-16-7-3-2-4-8-16)13-14-24-18-10-6-5-9-17(18)20(21)11-12-20;3-2(4,5)1(6)7/h2-10H,11-15,21H2,1H3;(H,6,7). The SMILES string of the molecule is CN(CCOc1ccccc1C1(N)CC1)C(=O)OCc1ccccc1.O=C(O)C(F)(F)F. The van der Waals surface area contributed by atoms with Gasteiger partial charge in [0.2, 0.25) is 0 Å². The third-order valence-corrected chi connectivity index (χ3v) is 4.66. The largest absolute Gasteiger partial charge is 0.491 e. The Morgan fingerprint density at radius 3 is 2.22 bits per heavy atom. The van der Waals surface area contributed by atoms with Crippen molar-refractivity contribution in [1.82, 2.24) is 4.90 Å². The van der Waals surface area contributed by atoms with E-state index in [2.05, 4.69) is 0 Å². The summed E-state index contributed by atoms with van der Waals surface area (Å²) >= 11 is 0. The number of hydrogen-bond donors (Lipinski definition) is 2. The van der Waals surface area contributed by atoms with Crippen molar-refractivity contribution < 1.29 is 37.3 Å². The van der Waals surface area contributed by atoms with Gasteiger partial charge < -0.3 is 25.2 Å². The Kier molecular flexibility index (Phi) is 8.48. The van der Waals surface area contributed by atoms with Crippen LogP contribution in [0.4, 0.5) is 18.0 Å². The number of rotatable bonds is 7. The topological polar surface area (TPSA) is 102 Å². The zero-order valence-electron chi connectivity index (χ0n) is 17.5. The van der Waals surface area contributed by atoms with Gasteiger partial charge in [-0.15, -0.1) is 0 Å². The first-order valence-corrected chi connectivity index (χ1v) is 9.76. The molecule has 2 aromatic rings. The molecule has 0 atom stereocenters. The number of ether oxygens (including phenoxy) is 2. The highest BCUT2D eigenvalue weighted by molar-refractivity contribution is 5.73. The van der Waals surface area contributed by atoms with E-state index in [4.69, 9.17) is 25.1 Å². The molecule has 2 aromatic carbocycles. The fourth-order valence-electron chi connectivity index (χ4n) is 2.62. The second kappa shape index (κ2) is 10.9. The van der Waals surface area contributed by atoms with Crippen LogP contribution in [-0.4, -0.2) is 48.4 Å². The minimum atomic E-state index is -5.08. The van der Waals surface area contributed by atoms with E-state index in [9.17, 15) is 18.0 Å². The van der Waals surface area contributed by atoms with Crippen molar-refractivity contribution in [3.63, 3.8) is 0 Å². The molecule has 32 heavy (non-hydrogen) atoms. The zero-order valence-corrected chi connectivity index (χ0v) is 17.5. The van der Waals surface area contributed by atoms with Crippen molar-refractivity contribution in [2.75, 3.05) is 20.2 Å². The molecule has 0 unspecified atom stereocenters. The number of alkyl halides is 3. The molecule has 3 N–H and O–H groups in total. The molecule has 0 aliphatic heterocycles. The molecule has 174 valence electrons. The van der Waals surface area contributed by atoms with Crippen LogP contribution in [0.25, 0.3) is 0 Å². The average molecular weight is 454 g/mol. The predicted molar refractivity (Wildman–Crippen MR) is 110 cm³/mol. The monoisotopic (exact) mass is 454 g/mol. The normalized spacial score (nSPS) is 13.9. The van der Waals surface area contributed by atoms with E-state index in [1.54, 1.807) is 7.05 Å². The summed E-state index contributed by atoms with van der Waals surface area (Å²) in [6, 6.07) is 17.5. The predicted octanol–water partition coefficient (Wildman–Crippen LogP) is 3.92. The lowest BCUT2D eigenvalue weighted by Gasteiger charge is -2.19. The Morgan fingerprint density at radius 2 is 1.66 bits per heavy atom. The lowest BCUT2D eigenvalue weighted by atomic mass is 10.1. The summed E-state index contributed by atoms with van der Waals surface area (Å²) in [6.07, 6.45) is -3.48. The van der Waals surface area contributed by atoms with Crippen LogP contribution in [0.5, 0.6) is 5.75 Å². The number of aliphatic carboxylic acids is 1. The van der Waals surface area contributed by atoms with Gasteiger partial charge in [-0.1, -0.05) is 48.5 Å². The van der Waals surface area contributed by atoms with Gasteiger partial charge in [-0.25, -0.2) is 9.59 Å². The van der Waals surface area contributed by atoms with Gasteiger partial charge in [0.05, 0.1) is 6.54 Å². The number of benzene rings is 2. The zero-order chi connectivity index (χ0) is 23.8. The van der Waals surface area contributed by atoms with Gasteiger partial charge in [-0.05, 0) is 24.5 Å². The van der Waals surface area contributed by atoms with Crippen LogP contribution >= 0.6 is 0 Å². The molecule has 0 saturated heterocycles. The Morgan fingerprint density at radius 1 is 1.09 bits per heavy atom. The number of nitrogens with two attached hydrogens (primary N) is 1. The lowest BCUT2D eigenvalue weighted by molar-refractivity contribution is -0.192. The first-order valence-electron chi connectivity index (χ1n) is 9.76. The van der Waals surface area contributed by atoms with Crippen molar-refractivity contribution in [2.24, 2.45) is 5.73 Å². The van der Waals surface area contributed by atoms with Crippen LogP contribution in [0.15, 0.2) is 54.6 Å². The van der Waals surface area contributed by atoms with Gasteiger partial charge in [0.25, 0.3) is 0 Å². The summed E-state index contributed by atoms with van der Waals surface area (Å²) in [4.78, 5) is 22.4. The maximum absolute atomic E-state index is 12.0. The van der Waals surface area contributed by atoms with Gasteiger partial charge in [-0.3, -0.25) is 0 Å². The van der Waals surface area contributed by atoms with Gasteiger partial charge in [0.15, 0.2) is 0 Å². The molecular formula is C22H25F3N2O5. The van der Waals surface area contributed by atoms with E-state index < -0.39 is 12.1 Å². The van der Waals surface area contributed by atoms with E-state index in [0.29, 0.717) is 13.2 Å². The number of carbonyl (C=O) groups is 2. The van der Waals surface area contributed by atoms with Crippen LogP contribution in [0.1, 0.15) is 24.0 Å². The molecular weight excluding hydrogens is 429 g/mol. The number of halogens is 3. The Bertz CT molecular complexity index is 902. The fourth-order valence-corrected chi connectivity index (χ4v) is 2.62. The number of amides is 1. The summed E-state index contributed by atoms with van der Waals surface area (Å²) in [5.41, 5.74) is 8.05. The molecule has 1 saturated carbocycles. The van der Waals surface area contributed by atoms with Crippen molar-refractivity contribution in [3.05, 3.63) is 65.7 Å². The van der Waals surface area contributed by atoms with Crippen LogP contribution in [-0.2, 0) is 21.7 Å². The molecule has 0 aromatic heterocycles. The van der Waals surface area contributed by atoms with Crippen LogP contribution in [0, 0.1) is 0 Å². The van der Waals surface area contributed by atoms with E-state index in [-0.39, 0.29) is 18.2 Å². The van der Waals surface area contributed by atoms with Crippen LogP contribution in [0.3, 0.4) is 0 Å². The second-order valence-corrected chi connectivity index (χ2v) is 7.27. The minimum Gasteiger partial charge on any atom is -0.491 e. The lowest BCUT2D eigenvalue weighted by Crippen LogP contribution is -2.31. The molecule has 3 rings (SSSR count). The third-order valence-electron chi connectivity index (χ3n) is 4.66. The second-order valence-electron chi connectivity index (χ2n) is 7.27. The van der Waals surface area contributed by atoms with Crippen molar-refractivity contribution in [1.29, 1.82) is 0 Å². The molecule has 10 heteroatoms. The van der Waals surface area contributed by atoms with Crippen LogP contribution in [0.2, 0.25) is 0 Å². The molecule has 0 bridgehead atoms. The van der Waals surface area contributed by atoms with E-state index in [0.717, 1.165) is 29.7 Å². The van der Waals surface area contributed by atoms with Crippen molar-refractivity contribution in [2.45, 2.75) is 31.2 Å². The van der Waals surface area contributed by atoms with Gasteiger partial charge >= 0.3 is 18.2 Å². The number of likely N-dealkylation sites (N-methyl/N-ethyl adjacent to an activating group) is 1. The summed E-state index contributed by atoms with van der Waals surface area (Å²) in [6.45, 7) is 1.10. The Balaban J connectivity index is 0.000000451. The first kappa shape index (κ1) is 25.0. The van der Waals surface area contributed by atoms with Gasteiger partial charge in [0.1, 0.15) is 19.0 Å². The molecule has 1 fully saturated rings. The number of para-hydroxylation sites is 1. The number of carbonyl (C=O) groups excluding carboxylic acids is 1. The van der Waals surface area contributed by atoms with E-state index >= 15 is 0 Å². The van der Waals surface area contributed by atoms with E-state index in [1.165, 1.54) is 4.90 Å². The van der Waals surface area contributed by atoms with E-state index in [1.807, 2.05) is 54.6 Å². The smallest absolute Gasteiger partial charge is 0.490 e. The summed E-state index contributed by atoms with van der Waals surface area (Å²) < 4.78 is 42.9. The number of carboxylic acids is 1. The highest BCUT2D eigenvalue weighted by atomic mass is 19.4. The Hall–Kier alpha value is -3.27. The number of carboxylic acid groups (broad SMARTS) is 1. The average Bonchev–Trinajstić information content (AvgIpc) is 3.51. The summed E-state index contributed by atoms with van der Waals surface area (Å²) in [7, 11) is 1.70. The first-order chi connectivity index (χ1) is 15.0. The molecule has 1 aliphatic carbocycles. The molecule has 1 aliphatic rings. The number of hydrogen-bond acceptors (Lipinski definition) is 5. The van der Waals surface area contributed by atoms with Crippen LogP contribution < -0.4 is 10.5 Å². The molecule has 0 radical (unpaired) electrons. The minimum absolute atomic E-state index is 0.239. The molecule has 0 heterocycles. The third kappa shape index (κ3) is 7.77.